The Morgan fingerprint density at radius 1 is 1.00 bits per heavy atom. The highest BCUT2D eigenvalue weighted by atomic mass is 14.2. The van der Waals surface area contributed by atoms with Gasteiger partial charge in [0.15, 0.2) is 0 Å². The van der Waals surface area contributed by atoms with E-state index in [9.17, 15) is 0 Å². The Balaban J connectivity index is 0.000000606. The first-order valence-corrected chi connectivity index (χ1v) is 6.84. The predicted octanol–water partition coefficient (Wildman–Crippen LogP) is 5.43. The first kappa shape index (κ1) is 13.3. The quantitative estimate of drug-likeness (QED) is 0.551. The van der Waals surface area contributed by atoms with Crippen LogP contribution in [0.5, 0.6) is 0 Å². The molecule has 0 heterocycles. The average Bonchev–Trinajstić information content (AvgIpc) is 2.53. The second kappa shape index (κ2) is 6.08. The second-order valence-electron chi connectivity index (χ2n) is 4.78. The first-order valence-electron chi connectivity index (χ1n) is 6.84. The van der Waals surface area contributed by atoms with E-state index >= 15 is 0 Å². The summed E-state index contributed by atoms with van der Waals surface area (Å²) in [6, 6.07) is 0. The Hall–Kier alpha value is -0.780. The van der Waals surface area contributed by atoms with Gasteiger partial charge < -0.3 is 0 Å². The van der Waals surface area contributed by atoms with Gasteiger partial charge in [-0.05, 0) is 43.3 Å². The maximum absolute atomic E-state index is 2.39. The highest BCUT2D eigenvalue weighted by Gasteiger charge is 2.18. The Morgan fingerprint density at radius 2 is 1.44 bits per heavy atom. The van der Waals surface area contributed by atoms with Crippen molar-refractivity contribution in [3.8, 4) is 0 Å². The van der Waals surface area contributed by atoms with Gasteiger partial charge in [0.1, 0.15) is 0 Å². The van der Waals surface area contributed by atoms with E-state index < -0.39 is 0 Å². The van der Waals surface area contributed by atoms with Crippen molar-refractivity contribution in [2.75, 3.05) is 0 Å². The molecule has 0 radical (unpaired) electrons. The third-order valence-electron chi connectivity index (χ3n) is 3.65. The monoisotopic (exact) mass is 218 g/mol. The van der Waals surface area contributed by atoms with Crippen molar-refractivity contribution < 1.29 is 0 Å². The number of allylic oxidation sites excluding steroid dienone is 6. The lowest BCUT2D eigenvalue weighted by molar-refractivity contribution is 0.530. The molecule has 2 aliphatic rings. The van der Waals surface area contributed by atoms with Gasteiger partial charge in [-0.2, -0.15) is 0 Å². The number of hydrogen-bond acceptors (Lipinski definition) is 0. The van der Waals surface area contributed by atoms with Crippen molar-refractivity contribution in [1.82, 2.24) is 0 Å². The van der Waals surface area contributed by atoms with Gasteiger partial charge in [-0.3, -0.25) is 0 Å². The standard InChI is InChI=1S/C14H20.C2H6/c1-3-14(2)10-8-12-6-4-5-7-13(12)9-11-14;1-2/h8-11H,3-7H2,1-2H3;1-2H3. The molecule has 0 nitrogen and oxygen atoms in total. The molecule has 0 heteroatoms. The summed E-state index contributed by atoms with van der Waals surface area (Å²) in [6.45, 7) is 8.58. The van der Waals surface area contributed by atoms with Crippen molar-refractivity contribution in [3.63, 3.8) is 0 Å². The minimum Gasteiger partial charge on any atom is -0.0745 e. The van der Waals surface area contributed by atoms with Crippen LogP contribution in [0.4, 0.5) is 0 Å². The van der Waals surface area contributed by atoms with Gasteiger partial charge in [-0.15, -0.1) is 0 Å². The fraction of sp³-hybridized carbons (Fsp3) is 0.625. The molecule has 0 unspecified atom stereocenters. The summed E-state index contributed by atoms with van der Waals surface area (Å²) in [4.78, 5) is 0. The van der Waals surface area contributed by atoms with Crippen LogP contribution in [0, 0.1) is 5.41 Å². The van der Waals surface area contributed by atoms with E-state index in [4.69, 9.17) is 0 Å². The second-order valence-corrected chi connectivity index (χ2v) is 4.78. The van der Waals surface area contributed by atoms with Crippen LogP contribution < -0.4 is 0 Å². The predicted molar refractivity (Wildman–Crippen MR) is 73.5 cm³/mol. The smallest absolute Gasteiger partial charge is 0.00365 e. The summed E-state index contributed by atoms with van der Waals surface area (Å²) in [5.74, 6) is 0. The number of rotatable bonds is 1. The molecular formula is C16H26. The Bertz CT molecular complexity index is 276. The lowest BCUT2D eigenvalue weighted by Gasteiger charge is -2.18. The van der Waals surface area contributed by atoms with Crippen LogP contribution in [-0.4, -0.2) is 0 Å². The summed E-state index contributed by atoms with van der Waals surface area (Å²) in [5, 5.41) is 0. The summed E-state index contributed by atoms with van der Waals surface area (Å²) in [6.07, 6.45) is 16.0. The molecule has 0 saturated heterocycles. The van der Waals surface area contributed by atoms with E-state index in [1.54, 1.807) is 11.1 Å². The van der Waals surface area contributed by atoms with Crippen LogP contribution in [0.3, 0.4) is 0 Å². The Labute approximate surface area is 101 Å². The van der Waals surface area contributed by atoms with Gasteiger partial charge in [-0.1, -0.05) is 52.0 Å². The molecular weight excluding hydrogens is 192 g/mol. The topological polar surface area (TPSA) is 0 Å². The van der Waals surface area contributed by atoms with Gasteiger partial charge in [0.2, 0.25) is 0 Å². The molecule has 0 aliphatic heterocycles. The van der Waals surface area contributed by atoms with Crippen molar-refractivity contribution in [2.45, 2.75) is 59.8 Å². The van der Waals surface area contributed by atoms with Gasteiger partial charge >= 0.3 is 0 Å². The van der Waals surface area contributed by atoms with Crippen molar-refractivity contribution in [2.24, 2.45) is 5.41 Å². The fourth-order valence-electron chi connectivity index (χ4n) is 2.21. The molecule has 0 fully saturated rings. The molecule has 0 saturated carbocycles. The lowest BCUT2D eigenvalue weighted by atomic mass is 9.87. The first-order chi connectivity index (χ1) is 7.73. The summed E-state index contributed by atoms with van der Waals surface area (Å²) in [7, 11) is 0. The van der Waals surface area contributed by atoms with Crippen LogP contribution in [0.25, 0.3) is 0 Å². The van der Waals surface area contributed by atoms with Gasteiger partial charge in [0.05, 0.1) is 0 Å². The van der Waals surface area contributed by atoms with E-state index in [1.807, 2.05) is 13.8 Å². The van der Waals surface area contributed by atoms with Crippen LogP contribution in [-0.2, 0) is 0 Å². The molecule has 0 bridgehead atoms. The molecule has 90 valence electrons. The minimum absolute atomic E-state index is 0.289. The lowest BCUT2D eigenvalue weighted by Crippen LogP contribution is -2.06. The van der Waals surface area contributed by atoms with Crippen LogP contribution >= 0.6 is 0 Å². The van der Waals surface area contributed by atoms with Crippen LogP contribution in [0.2, 0.25) is 0 Å². The van der Waals surface area contributed by atoms with Crippen molar-refractivity contribution >= 4 is 0 Å². The van der Waals surface area contributed by atoms with E-state index in [-0.39, 0.29) is 5.41 Å². The van der Waals surface area contributed by atoms with E-state index in [2.05, 4.69) is 38.2 Å². The zero-order valence-electron chi connectivity index (χ0n) is 11.3. The fourth-order valence-corrected chi connectivity index (χ4v) is 2.21. The van der Waals surface area contributed by atoms with E-state index in [0.29, 0.717) is 0 Å². The summed E-state index contributed by atoms with van der Waals surface area (Å²) < 4.78 is 0. The van der Waals surface area contributed by atoms with E-state index in [1.165, 1.54) is 32.1 Å². The van der Waals surface area contributed by atoms with Gasteiger partial charge in [0.25, 0.3) is 0 Å². The van der Waals surface area contributed by atoms with Crippen LogP contribution in [0.15, 0.2) is 35.5 Å². The molecule has 2 rings (SSSR count). The number of hydrogen-bond donors (Lipinski definition) is 0. The van der Waals surface area contributed by atoms with E-state index in [0.717, 1.165) is 0 Å². The molecule has 0 amide bonds. The molecule has 0 aromatic rings. The maximum atomic E-state index is 2.39. The van der Waals surface area contributed by atoms with Gasteiger partial charge in [0, 0.05) is 5.41 Å². The average molecular weight is 218 g/mol. The van der Waals surface area contributed by atoms with Crippen molar-refractivity contribution in [3.05, 3.63) is 35.5 Å². The SMILES string of the molecule is CC.CCC1(C)C=CC2=C(C=C1)CCCC2. The van der Waals surface area contributed by atoms with Crippen molar-refractivity contribution in [1.29, 1.82) is 0 Å². The molecule has 0 aromatic heterocycles. The largest absolute Gasteiger partial charge is 0.0745 e. The molecule has 0 aromatic carbocycles. The third-order valence-corrected chi connectivity index (χ3v) is 3.65. The zero-order chi connectivity index (χ0) is 12.0. The maximum Gasteiger partial charge on any atom is 0.00365 e. The highest BCUT2D eigenvalue weighted by molar-refractivity contribution is 5.39. The Morgan fingerprint density at radius 3 is 1.81 bits per heavy atom. The van der Waals surface area contributed by atoms with Crippen LogP contribution in [0.1, 0.15) is 59.8 Å². The molecule has 2 aliphatic carbocycles. The molecule has 0 N–H and O–H groups in total. The highest BCUT2D eigenvalue weighted by Crippen LogP contribution is 2.34. The van der Waals surface area contributed by atoms with Gasteiger partial charge in [-0.25, -0.2) is 0 Å². The normalized spacial score (nSPS) is 22.0. The molecule has 0 spiro atoms. The Kier molecular flexibility index (Phi) is 5.05. The minimum atomic E-state index is 0.289. The molecule has 16 heavy (non-hydrogen) atoms. The zero-order valence-corrected chi connectivity index (χ0v) is 11.3. The third kappa shape index (κ3) is 3.10. The summed E-state index contributed by atoms with van der Waals surface area (Å²) >= 11 is 0. The molecule has 0 atom stereocenters. The summed E-state index contributed by atoms with van der Waals surface area (Å²) in [5.41, 5.74) is 3.46.